The molecule has 2 N–H and O–H groups in total. The van der Waals surface area contributed by atoms with Crippen LogP contribution in [0, 0.1) is 12.8 Å². The molecule has 1 amide bonds. The number of amides is 1. The van der Waals surface area contributed by atoms with E-state index >= 15 is 0 Å². The van der Waals surface area contributed by atoms with Gasteiger partial charge in [-0.3, -0.25) is 4.79 Å². The first-order valence-corrected chi connectivity index (χ1v) is 10.5. The van der Waals surface area contributed by atoms with Crippen LogP contribution in [0.25, 0.3) is 11.0 Å². The maximum absolute atomic E-state index is 12.5. The molecule has 3 atom stereocenters. The van der Waals surface area contributed by atoms with Crippen molar-refractivity contribution in [2.24, 2.45) is 5.92 Å². The monoisotopic (exact) mass is 415 g/mol. The first-order valence-electron chi connectivity index (χ1n) is 10.5. The van der Waals surface area contributed by atoms with Gasteiger partial charge in [0.2, 0.25) is 0 Å². The number of benzene rings is 1. The molecule has 0 bridgehead atoms. The van der Waals surface area contributed by atoms with Crippen molar-refractivity contribution in [3.8, 4) is 5.75 Å². The third kappa shape index (κ3) is 4.20. The van der Waals surface area contributed by atoms with Crippen LogP contribution in [0.15, 0.2) is 21.3 Å². The lowest BCUT2D eigenvalue weighted by molar-refractivity contribution is -0.144. The first kappa shape index (κ1) is 21.9. The Hall–Kier alpha value is -2.83. The third-order valence-corrected chi connectivity index (χ3v) is 6.04. The van der Waals surface area contributed by atoms with E-state index in [-0.39, 0.29) is 11.5 Å². The summed E-state index contributed by atoms with van der Waals surface area (Å²) in [4.78, 5) is 36.4. The van der Waals surface area contributed by atoms with Gasteiger partial charge in [-0.05, 0) is 63.1 Å². The van der Waals surface area contributed by atoms with Crippen molar-refractivity contribution in [2.45, 2.75) is 71.9 Å². The van der Waals surface area contributed by atoms with Crippen molar-refractivity contribution in [3.63, 3.8) is 0 Å². The van der Waals surface area contributed by atoms with Crippen LogP contribution in [-0.2, 0) is 22.4 Å². The third-order valence-electron chi connectivity index (χ3n) is 6.04. The number of aliphatic carboxylic acids is 1. The van der Waals surface area contributed by atoms with E-state index in [0.29, 0.717) is 23.3 Å². The predicted molar refractivity (Wildman–Crippen MR) is 113 cm³/mol. The van der Waals surface area contributed by atoms with Gasteiger partial charge < -0.3 is 19.6 Å². The highest BCUT2D eigenvalue weighted by Gasteiger charge is 2.28. The minimum Gasteiger partial charge on any atom is -0.480 e. The number of nitrogens with one attached hydrogen (secondary N) is 1. The Labute approximate surface area is 175 Å². The Morgan fingerprint density at radius 1 is 1.20 bits per heavy atom. The normalized spacial score (nSPS) is 16.4. The average Bonchev–Trinajstić information content (AvgIpc) is 2.73. The quantitative estimate of drug-likeness (QED) is 0.672. The summed E-state index contributed by atoms with van der Waals surface area (Å²) in [5.74, 6) is -1.35. The van der Waals surface area contributed by atoms with Gasteiger partial charge in [0.05, 0.1) is 0 Å². The summed E-state index contributed by atoms with van der Waals surface area (Å²) in [6.45, 7) is 7.01. The number of carboxylic acid groups (broad SMARTS) is 1. The summed E-state index contributed by atoms with van der Waals surface area (Å²) >= 11 is 0. The molecule has 1 aromatic heterocycles. The Morgan fingerprint density at radius 2 is 1.87 bits per heavy atom. The summed E-state index contributed by atoms with van der Waals surface area (Å²) in [5.41, 5.74) is 2.63. The van der Waals surface area contributed by atoms with Crippen molar-refractivity contribution in [1.82, 2.24) is 5.32 Å². The second-order valence-corrected chi connectivity index (χ2v) is 8.09. The molecule has 1 aliphatic rings. The molecular weight excluding hydrogens is 386 g/mol. The van der Waals surface area contributed by atoms with Crippen LogP contribution in [0.4, 0.5) is 0 Å². The minimum atomic E-state index is -1.07. The number of carbonyl (C=O) groups is 2. The molecule has 30 heavy (non-hydrogen) atoms. The highest BCUT2D eigenvalue weighted by molar-refractivity contribution is 5.88. The van der Waals surface area contributed by atoms with Crippen LogP contribution in [0.5, 0.6) is 5.75 Å². The number of rotatable bonds is 7. The Kier molecular flexibility index (Phi) is 6.48. The molecule has 0 unspecified atom stereocenters. The fourth-order valence-corrected chi connectivity index (χ4v) is 3.95. The Balaban J connectivity index is 1.85. The molecule has 0 radical (unpaired) electrons. The van der Waals surface area contributed by atoms with Gasteiger partial charge in [-0.15, -0.1) is 0 Å². The second kappa shape index (κ2) is 8.90. The zero-order chi connectivity index (χ0) is 22.0. The van der Waals surface area contributed by atoms with E-state index in [1.165, 1.54) is 0 Å². The van der Waals surface area contributed by atoms with Gasteiger partial charge in [0.1, 0.15) is 17.4 Å². The fourth-order valence-electron chi connectivity index (χ4n) is 3.95. The molecule has 1 heterocycles. The van der Waals surface area contributed by atoms with Gasteiger partial charge in [0, 0.05) is 16.5 Å². The molecule has 1 aromatic carbocycles. The molecule has 0 saturated carbocycles. The molecule has 1 aliphatic carbocycles. The molecule has 7 nitrogen and oxygen atoms in total. The van der Waals surface area contributed by atoms with E-state index in [1.807, 2.05) is 13.0 Å². The van der Waals surface area contributed by atoms with E-state index in [1.54, 1.807) is 26.8 Å². The maximum atomic E-state index is 12.5. The lowest BCUT2D eigenvalue weighted by Crippen LogP contribution is -2.49. The van der Waals surface area contributed by atoms with Gasteiger partial charge in [0.25, 0.3) is 5.91 Å². The lowest BCUT2D eigenvalue weighted by atomic mass is 9.90. The molecule has 2 aromatic rings. The standard InChI is InChI=1S/C23H29NO6/c1-5-12(2)19(22(26)27)24-21(25)14(4)29-18-11-10-16-15-8-6-7-9-17(15)23(28)30-20(16)13(18)3/h10-12,14,19H,5-9H2,1-4H3,(H,24,25)(H,26,27)/t12-,14+,19+/m1/s1. The van der Waals surface area contributed by atoms with Gasteiger partial charge in [-0.25, -0.2) is 9.59 Å². The average molecular weight is 415 g/mol. The van der Waals surface area contributed by atoms with E-state index < -0.39 is 24.0 Å². The smallest absolute Gasteiger partial charge is 0.339 e. The second-order valence-electron chi connectivity index (χ2n) is 8.09. The summed E-state index contributed by atoms with van der Waals surface area (Å²) < 4.78 is 11.4. The van der Waals surface area contributed by atoms with Crippen molar-refractivity contribution in [2.75, 3.05) is 0 Å². The number of aryl methyl sites for hydroxylation is 2. The molecular formula is C23H29NO6. The summed E-state index contributed by atoms with van der Waals surface area (Å²) in [7, 11) is 0. The number of hydrogen-bond donors (Lipinski definition) is 2. The van der Waals surface area contributed by atoms with E-state index in [9.17, 15) is 19.5 Å². The fraction of sp³-hybridized carbons (Fsp3) is 0.522. The Morgan fingerprint density at radius 3 is 2.50 bits per heavy atom. The number of carboxylic acids is 1. The van der Waals surface area contributed by atoms with Crippen LogP contribution < -0.4 is 15.7 Å². The highest BCUT2D eigenvalue weighted by Crippen LogP contribution is 2.33. The van der Waals surface area contributed by atoms with Gasteiger partial charge >= 0.3 is 11.6 Å². The summed E-state index contributed by atoms with van der Waals surface area (Å²) in [5, 5.41) is 12.9. The van der Waals surface area contributed by atoms with Crippen molar-refractivity contribution in [3.05, 3.63) is 39.2 Å². The van der Waals surface area contributed by atoms with Crippen molar-refractivity contribution in [1.29, 1.82) is 0 Å². The predicted octanol–water partition coefficient (Wildman–Crippen LogP) is 3.36. The van der Waals surface area contributed by atoms with Gasteiger partial charge in [0.15, 0.2) is 6.10 Å². The molecule has 0 aliphatic heterocycles. The van der Waals surface area contributed by atoms with Crippen LogP contribution in [0.2, 0.25) is 0 Å². The summed E-state index contributed by atoms with van der Waals surface area (Å²) in [6.07, 6.45) is 3.34. The van der Waals surface area contributed by atoms with E-state index in [0.717, 1.165) is 42.2 Å². The first-order chi connectivity index (χ1) is 14.2. The zero-order valence-electron chi connectivity index (χ0n) is 17.9. The van der Waals surface area contributed by atoms with E-state index in [4.69, 9.17) is 9.15 Å². The lowest BCUT2D eigenvalue weighted by Gasteiger charge is -2.23. The topological polar surface area (TPSA) is 106 Å². The number of hydrogen-bond acceptors (Lipinski definition) is 5. The highest BCUT2D eigenvalue weighted by atomic mass is 16.5. The van der Waals surface area contributed by atoms with Crippen molar-refractivity contribution >= 4 is 22.8 Å². The Bertz CT molecular complexity index is 1020. The number of fused-ring (bicyclic) bond motifs is 3. The number of ether oxygens (including phenoxy) is 1. The SMILES string of the molecule is CC[C@@H](C)[C@H](NC(=O)[C@H](C)Oc1ccc2c3c(c(=O)oc2c1C)CCCC3)C(=O)O. The van der Waals surface area contributed by atoms with Gasteiger partial charge in [-0.2, -0.15) is 0 Å². The molecule has 3 rings (SSSR count). The van der Waals surface area contributed by atoms with Gasteiger partial charge in [-0.1, -0.05) is 20.3 Å². The number of carbonyl (C=O) groups excluding carboxylic acids is 1. The molecule has 7 heteroatoms. The molecule has 0 spiro atoms. The van der Waals surface area contributed by atoms with E-state index in [2.05, 4.69) is 5.32 Å². The molecule has 0 saturated heterocycles. The summed E-state index contributed by atoms with van der Waals surface area (Å²) in [6, 6.07) is 2.67. The zero-order valence-corrected chi connectivity index (χ0v) is 17.9. The van der Waals surface area contributed by atoms with Crippen LogP contribution in [-0.4, -0.2) is 29.1 Å². The molecule has 0 fully saturated rings. The van der Waals surface area contributed by atoms with Crippen molar-refractivity contribution < 1.29 is 23.8 Å². The maximum Gasteiger partial charge on any atom is 0.339 e. The largest absolute Gasteiger partial charge is 0.480 e. The minimum absolute atomic E-state index is 0.207. The van der Waals surface area contributed by atoms with Crippen LogP contribution in [0.3, 0.4) is 0 Å². The van der Waals surface area contributed by atoms with Crippen LogP contribution in [0.1, 0.15) is 56.7 Å². The van der Waals surface area contributed by atoms with Crippen LogP contribution >= 0.6 is 0 Å². The molecule has 162 valence electrons.